The molecular formula is C23H41O12P3. The first-order valence-corrected chi connectivity index (χ1v) is 17.6. The topological polar surface area (TPSA) is 146 Å². The van der Waals surface area contributed by atoms with Crippen LogP contribution >= 0.6 is 22.8 Å². The largest absolute Gasteiger partial charge is 0.463 e. The molecule has 1 aromatic rings. The number of rotatable bonds is 20. The predicted octanol–water partition coefficient (Wildman–Crippen LogP) is 6.98. The van der Waals surface area contributed by atoms with Crippen LogP contribution in [0.2, 0.25) is 0 Å². The number of carbonyl (C=O) groups excluding carboxylic acids is 1. The highest BCUT2D eigenvalue weighted by Crippen LogP contribution is 2.62. The van der Waals surface area contributed by atoms with Crippen LogP contribution in [-0.2, 0) is 62.7 Å². The van der Waals surface area contributed by atoms with Crippen molar-refractivity contribution in [1.29, 1.82) is 0 Å². The zero-order valence-electron chi connectivity index (χ0n) is 23.3. The molecule has 0 saturated carbocycles. The second-order valence-electron chi connectivity index (χ2n) is 7.38. The van der Waals surface area contributed by atoms with E-state index in [9.17, 15) is 18.5 Å². The van der Waals surface area contributed by atoms with Crippen molar-refractivity contribution in [1.82, 2.24) is 0 Å². The molecule has 0 amide bonds. The van der Waals surface area contributed by atoms with Crippen LogP contribution in [0.5, 0.6) is 0 Å². The van der Waals surface area contributed by atoms with Gasteiger partial charge in [0.15, 0.2) is 0 Å². The summed E-state index contributed by atoms with van der Waals surface area (Å²) in [5, 5.41) is -0.211. The Balaban J connectivity index is 3.85. The molecule has 220 valence electrons. The number of hydrogen-bond acceptors (Lipinski definition) is 12. The Morgan fingerprint density at radius 2 is 1.16 bits per heavy atom. The summed E-state index contributed by atoms with van der Waals surface area (Å²) in [6.07, 6.45) is 0.381. The standard InChI is InChI=1S/C23H41O12P3/c1-8-28-23(24)16-22(38(27,33-13-6)34-14-7)20-15-19(17-36(25,29-9-2)30-10-3)21(35-20)18-37(26,31-11-4)32-12-5/h15-16H,8-14,17-18H2,1-7H3. The number of furan rings is 1. The van der Waals surface area contributed by atoms with Crippen molar-refractivity contribution in [2.45, 2.75) is 60.8 Å². The molecule has 0 aliphatic rings. The number of carbonyl (C=O) groups is 1. The first-order chi connectivity index (χ1) is 18.0. The molecule has 38 heavy (non-hydrogen) atoms. The molecule has 0 aromatic carbocycles. The van der Waals surface area contributed by atoms with E-state index in [-0.39, 0.29) is 81.0 Å². The minimum absolute atomic E-state index is 0.00559. The van der Waals surface area contributed by atoms with Crippen LogP contribution in [0.25, 0.3) is 5.31 Å². The van der Waals surface area contributed by atoms with Crippen molar-refractivity contribution in [3.05, 3.63) is 29.2 Å². The van der Waals surface area contributed by atoms with Crippen molar-refractivity contribution >= 4 is 34.1 Å². The maximum atomic E-state index is 13.8. The molecule has 15 heteroatoms. The second-order valence-corrected chi connectivity index (χ2v) is 13.5. The first-order valence-electron chi connectivity index (χ1n) is 12.6. The lowest BCUT2D eigenvalue weighted by molar-refractivity contribution is -0.137. The number of esters is 1. The van der Waals surface area contributed by atoms with Crippen LogP contribution in [0.1, 0.15) is 65.6 Å². The van der Waals surface area contributed by atoms with Crippen LogP contribution < -0.4 is 0 Å². The Hall–Kier alpha value is -1.06. The van der Waals surface area contributed by atoms with E-state index < -0.39 is 28.8 Å². The minimum atomic E-state index is -4.09. The average molecular weight is 602 g/mol. The highest BCUT2D eigenvalue weighted by Gasteiger charge is 2.38. The lowest BCUT2D eigenvalue weighted by Crippen LogP contribution is -2.04. The van der Waals surface area contributed by atoms with Gasteiger partial charge in [0, 0.05) is 11.6 Å². The third-order valence-corrected chi connectivity index (χ3v) is 10.7. The van der Waals surface area contributed by atoms with E-state index in [0.717, 1.165) is 6.08 Å². The summed E-state index contributed by atoms with van der Waals surface area (Å²) in [4.78, 5) is 12.4. The van der Waals surface area contributed by atoms with Gasteiger partial charge in [-0.15, -0.1) is 0 Å². The summed E-state index contributed by atoms with van der Waals surface area (Å²) in [5.74, 6) is -0.822. The quantitative estimate of drug-likeness (QED) is 0.0861. The summed E-state index contributed by atoms with van der Waals surface area (Å²) in [6, 6.07) is 1.41. The summed E-state index contributed by atoms with van der Waals surface area (Å²) in [7, 11) is -11.4. The molecule has 1 heterocycles. The van der Waals surface area contributed by atoms with Crippen molar-refractivity contribution in [3.63, 3.8) is 0 Å². The molecule has 0 atom stereocenters. The second kappa shape index (κ2) is 16.9. The van der Waals surface area contributed by atoms with Crippen LogP contribution in [0.4, 0.5) is 0 Å². The molecule has 0 spiro atoms. The monoisotopic (exact) mass is 602 g/mol. The summed E-state index contributed by atoms with van der Waals surface area (Å²) in [6.45, 7) is 12.1. The van der Waals surface area contributed by atoms with Gasteiger partial charge in [-0.2, -0.15) is 0 Å². The highest BCUT2D eigenvalue weighted by molar-refractivity contribution is 7.65. The lowest BCUT2D eigenvalue weighted by Gasteiger charge is -2.19. The number of ether oxygens (including phenoxy) is 1. The van der Waals surface area contributed by atoms with Gasteiger partial charge in [-0.3, -0.25) is 13.7 Å². The molecular weight excluding hydrogens is 561 g/mol. The lowest BCUT2D eigenvalue weighted by atomic mass is 10.2. The predicted molar refractivity (Wildman–Crippen MR) is 143 cm³/mol. The Kier molecular flexibility index (Phi) is 15.6. The molecule has 0 fully saturated rings. The fraction of sp³-hybridized carbons (Fsp3) is 0.696. The molecule has 0 N–H and O–H groups in total. The normalized spacial score (nSPS) is 13.2. The van der Waals surface area contributed by atoms with Crippen molar-refractivity contribution in [2.24, 2.45) is 0 Å². The average Bonchev–Trinajstić information content (AvgIpc) is 3.19. The van der Waals surface area contributed by atoms with E-state index in [1.165, 1.54) is 6.07 Å². The first kappa shape index (κ1) is 35.0. The Labute approximate surface area is 225 Å². The fourth-order valence-corrected chi connectivity index (χ4v) is 8.45. The third-order valence-electron chi connectivity index (χ3n) is 4.59. The fourth-order valence-electron chi connectivity index (χ4n) is 3.39. The van der Waals surface area contributed by atoms with Gasteiger partial charge in [0.2, 0.25) is 0 Å². The molecule has 12 nitrogen and oxygen atoms in total. The maximum absolute atomic E-state index is 13.8. The SMILES string of the molecule is CCOC(=O)C=C(c1cc(CP(=O)(OCC)OCC)c(CP(=O)(OCC)OCC)o1)P(=O)(OCC)OCC. The van der Waals surface area contributed by atoms with Crippen LogP contribution in [-0.4, -0.2) is 52.2 Å². The van der Waals surface area contributed by atoms with Gasteiger partial charge in [-0.05, 0) is 54.5 Å². The van der Waals surface area contributed by atoms with Crippen molar-refractivity contribution in [2.75, 3.05) is 46.2 Å². The van der Waals surface area contributed by atoms with Crippen LogP contribution in [0.3, 0.4) is 0 Å². The molecule has 0 aliphatic heterocycles. The van der Waals surface area contributed by atoms with E-state index in [2.05, 4.69) is 0 Å². The Morgan fingerprint density at radius 3 is 1.58 bits per heavy atom. The highest BCUT2D eigenvalue weighted by atomic mass is 31.2. The van der Waals surface area contributed by atoms with Gasteiger partial charge in [0.1, 0.15) is 23.0 Å². The molecule has 0 aliphatic carbocycles. The third kappa shape index (κ3) is 10.5. The molecule has 0 radical (unpaired) electrons. The zero-order chi connectivity index (χ0) is 28.8. The Morgan fingerprint density at radius 1 is 0.711 bits per heavy atom. The Bertz CT molecular complexity index is 969. The van der Waals surface area contributed by atoms with E-state index in [4.69, 9.17) is 36.3 Å². The van der Waals surface area contributed by atoms with Crippen LogP contribution in [0.15, 0.2) is 16.6 Å². The molecule has 0 unspecified atom stereocenters. The van der Waals surface area contributed by atoms with Gasteiger partial charge < -0.3 is 36.3 Å². The minimum Gasteiger partial charge on any atom is -0.463 e. The van der Waals surface area contributed by atoms with Gasteiger partial charge in [0.05, 0.1) is 52.4 Å². The van der Waals surface area contributed by atoms with E-state index in [0.29, 0.717) is 0 Å². The van der Waals surface area contributed by atoms with E-state index >= 15 is 0 Å². The molecule has 0 saturated heterocycles. The van der Waals surface area contributed by atoms with Gasteiger partial charge >= 0.3 is 28.8 Å². The van der Waals surface area contributed by atoms with Crippen molar-refractivity contribution in [3.8, 4) is 0 Å². The zero-order valence-corrected chi connectivity index (χ0v) is 25.9. The maximum Gasteiger partial charge on any atom is 0.365 e. The smallest absolute Gasteiger partial charge is 0.365 e. The summed E-state index contributed by atoms with van der Waals surface area (Å²) in [5.41, 5.74) is 0.277. The molecule has 0 bridgehead atoms. The summed E-state index contributed by atoms with van der Waals surface area (Å²) < 4.78 is 84.2. The molecule has 1 rings (SSSR count). The van der Waals surface area contributed by atoms with Gasteiger partial charge in [0.25, 0.3) is 0 Å². The number of hydrogen-bond donors (Lipinski definition) is 0. The van der Waals surface area contributed by atoms with Crippen LogP contribution in [0, 0.1) is 0 Å². The van der Waals surface area contributed by atoms with Gasteiger partial charge in [-0.25, -0.2) is 4.79 Å². The van der Waals surface area contributed by atoms with E-state index in [1.807, 2.05) is 0 Å². The summed E-state index contributed by atoms with van der Waals surface area (Å²) >= 11 is 0. The van der Waals surface area contributed by atoms with E-state index in [1.54, 1.807) is 48.5 Å². The molecule has 1 aromatic heterocycles. The van der Waals surface area contributed by atoms with Gasteiger partial charge in [-0.1, -0.05) is 0 Å². The van der Waals surface area contributed by atoms with Crippen molar-refractivity contribution < 1.29 is 54.8 Å².